The van der Waals surface area contributed by atoms with Crippen molar-refractivity contribution in [2.24, 2.45) is 0 Å². The Hall–Kier alpha value is -2.11. The fourth-order valence-electron chi connectivity index (χ4n) is 2.20. The van der Waals surface area contributed by atoms with Gasteiger partial charge in [0.2, 0.25) is 0 Å². The van der Waals surface area contributed by atoms with E-state index < -0.39 is 0 Å². The summed E-state index contributed by atoms with van der Waals surface area (Å²) >= 11 is 3.10. The van der Waals surface area contributed by atoms with Crippen LogP contribution in [0, 0.1) is 0 Å². The summed E-state index contributed by atoms with van der Waals surface area (Å²) in [4.78, 5) is 15.3. The Kier molecular flexibility index (Phi) is 5.10. The first-order valence-electron chi connectivity index (χ1n) is 7.40. The second kappa shape index (κ2) is 7.44. The molecule has 0 fully saturated rings. The lowest BCUT2D eigenvalue weighted by Crippen LogP contribution is -2.21. The van der Waals surface area contributed by atoms with Gasteiger partial charge >= 0.3 is 0 Å². The van der Waals surface area contributed by atoms with E-state index in [0.717, 1.165) is 15.3 Å². The van der Waals surface area contributed by atoms with Crippen LogP contribution in [0.15, 0.2) is 53.9 Å². The molecule has 2 aromatic heterocycles. The SMILES string of the molecule is CCOc1cc(-c2ccccc2)sc1C(=O)NCc1cccs1. The molecule has 0 spiro atoms. The maximum atomic E-state index is 12.5. The van der Waals surface area contributed by atoms with Gasteiger partial charge in [-0.15, -0.1) is 22.7 Å². The summed E-state index contributed by atoms with van der Waals surface area (Å²) in [5.41, 5.74) is 1.09. The first-order chi connectivity index (χ1) is 11.3. The highest BCUT2D eigenvalue weighted by Gasteiger charge is 2.18. The van der Waals surface area contributed by atoms with Crippen LogP contribution in [0.1, 0.15) is 21.5 Å². The highest BCUT2D eigenvalue weighted by atomic mass is 32.1. The van der Waals surface area contributed by atoms with E-state index in [2.05, 4.69) is 5.32 Å². The van der Waals surface area contributed by atoms with Gasteiger partial charge < -0.3 is 10.1 Å². The molecule has 3 aromatic rings. The molecule has 1 aromatic carbocycles. The zero-order valence-corrected chi connectivity index (χ0v) is 14.4. The van der Waals surface area contributed by atoms with Crippen LogP contribution in [-0.2, 0) is 6.54 Å². The fraction of sp³-hybridized carbons (Fsp3) is 0.167. The highest BCUT2D eigenvalue weighted by molar-refractivity contribution is 7.17. The molecule has 0 atom stereocenters. The fourth-order valence-corrected chi connectivity index (χ4v) is 3.87. The van der Waals surface area contributed by atoms with E-state index in [0.29, 0.717) is 23.8 Å². The number of hydrogen-bond donors (Lipinski definition) is 1. The molecule has 0 radical (unpaired) electrons. The van der Waals surface area contributed by atoms with Crippen LogP contribution in [0.2, 0.25) is 0 Å². The molecule has 2 heterocycles. The Labute approximate surface area is 143 Å². The normalized spacial score (nSPS) is 10.5. The molecule has 0 saturated heterocycles. The summed E-state index contributed by atoms with van der Waals surface area (Å²) in [6.45, 7) is 3.00. The van der Waals surface area contributed by atoms with Gasteiger partial charge in [-0.2, -0.15) is 0 Å². The van der Waals surface area contributed by atoms with Crippen LogP contribution < -0.4 is 10.1 Å². The number of carbonyl (C=O) groups excluding carboxylic acids is 1. The number of thiophene rings is 2. The van der Waals surface area contributed by atoms with E-state index in [9.17, 15) is 4.79 Å². The molecule has 0 aliphatic rings. The summed E-state index contributed by atoms with van der Waals surface area (Å²) < 4.78 is 5.65. The summed E-state index contributed by atoms with van der Waals surface area (Å²) in [7, 11) is 0. The Balaban J connectivity index is 1.82. The van der Waals surface area contributed by atoms with Gasteiger partial charge in [-0.25, -0.2) is 0 Å². The van der Waals surface area contributed by atoms with Crippen LogP contribution in [0.3, 0.4) is 0 Å². The first kappa shape index (κ1) is 15.8. The number of rotatable bonds is 6. The summed E-state index contributed by atoms with van der Waals surface area (Å²) in [6.07, 6.45) is 0. The maximum Gasteiger partial charge on any atom is 0.265 e. The maximum absolute atomic E-state index is 12.5. The standard InChI is InChI=1S/C18H17NO2S2/c1-2-21-15-11-16(13-7-4-3-5-8-13)23-17(15)18(20)19-12-14-9-6-10-22-14/h3-11H,2,12H2,1H3,(H,19,20). The molecule has 0 saturated carbocycles. The summed E-state index contributed by atoms with van der Waals surface area (Å²) in [5.74, 6) is 0.564. The van der Waals surface area contributed by atoms with Gasteiger partial charge in [0, 0.05) is 9.75 Å². The second-order valence-corrected chi connectivity index (χ2v) is 6.95. The van der Waals surface area contributed by atoms with Crippen LogP contribution >= 0.6 is 22.7 Å². The Bertz CT molecular complexity index is 764. The lowest BCUT2D eigenvalue weighted by molar-refractivity contribution is 0.0952. The molecule has 3 rings (SSSR count). The smallest absolute Gasteiger partial charge is 0.265 e. The minimum atomic E-state index is -0.0889. The van der Waals surface area contributed by atoms with E-state index in [1.54, 1.807) is 11.3 Å². The average Bonchev–Trinajstić information content (AvgIpc) is 3.23. The molecule has 0 aliphatic carbocycles. The quantitative estimate of drug-likeness (QED) is 0.698. The minimum absolute atomic E-state index is 0.0889. The average molecular weight is 343 g/mol. The molecule has 1 N–H and O–H groups in total. The molecule has 1 amide bonds. The number of benzene rings is 1. The third kappa shape index (κ3) is 3.81. The molecule has 0 aliphatic heterocycles. The number of carbonyl (C=O) groups is 1. The zero-order valence-electron chi connectivity index (χ0n) is 12.7. The van der Waals surface area contributed by atoms with Crippen molar-refractivity contribution in [3.8, 4) is 16.2 Å². The van der Waals surface area contributed by atoms with Gasteiger partial charge in [0.1, 0.15) is 10.6 Å². The highest BCUT2D eigenvalue weighted by Crippen LogP contribution is 2.36. The number of amides is 1. The molecule has 118 valence electrons. The summed E-state index contributed by atoms with van der Waals surface area (Å²) in [5, 5.41) is 4.97. The largest absolute Gasteiger partial charge is 0.492 e. The van der Waals surface area contributed by atoms with Crippen LogP contribution in [0.25, 0.3) is 10.4 Å². The van der Waals surface area contributed by atoms with E-state index in [1.807, 2.05) is 60.8 Å². The van der Waals surface area contributed by atoms with Crippen molar-refractivity contribution in [2.75, 3.05) is 6.61 Å². The van der Waals surface area contributed by atoms with E-state index >= 15 is 0 Å². The predicted molar refractivity (Wildman–Crippen MR) is 96.4 cm³/mol. The van der Waals surface area contributed by atoms with Crippen molar-refractivity contribution in [3.05, 3.63) is 63.7 Å². The Morgan fingerprint density at radius 2 is 2.00 bits per heavy atom. The van der Waals surface area contributed by atoms with E-state index in [4.69, 9.17) is 4.74 Å². The number of nitrogens with one attached hydrogen (secondary N) is 1. The van der Waals surface area contributed by atoms with Crippen molar-refractivity contribution in [1.29, 1.82) is 0 Å². The number of ether oxygens (including phenoxy) is 1. The third-order valence-corrected chi connectivity index (χ3v) is 5.31. The zero-order chi connectivity index (χ0) is 16.1. The van der Waals surface area contributed by atoms with E-state index in [1.165, 1.54) is 11.3 Å². The lowest BCUT2D eigenvalue weighted by Gasteiger charge is -2.05. The lowest BCUT2D eigenvalue weighted by atomic mass is 10.2. The van der Waals surface area contributed by atoms with Crippen LogP contribution in [0.5, 0.6) is 5.75 Å². The van der Waals surface area contributed by atoms with Crippen molar-refractivity contribution in [1.82, 2.24) is 5.32 Å². The predicted octanol–water partition coefficient (Wildman–Crippen LogP) is 4.81. The molecular formula is C18H17NO2S2. The van der Waals surface area contributed by atoms with Crippen molar-refractivity contribution >= 4 is 28.6 Å². The summed E-state index contributed by atoms with van der Waals surface area (Å²) in [6, 6.07) is 16.0. The molecule has 23 heavy (non-hydrogen) atoms. The van der Waals surface area contributed by atoms with Gasteiger partial charge in [0.25, 0.3) is 5.91 Å². The van der Waals surface area contributed by atoms with Crippen molar-refractivity contribution < 1.29 is 9.53 Å². The van der Waals surface area contributed by atoms with E-state index in [-0.39, 0.29) is 5.91 Å². The van der Waals surface area contributed by atoms with Gasteiger partial charge in [-0.1, -0.05) is 36.4 Å². The third-order valence-electron chi connectivity index (χ3n) is 3.27. The molecule has 5 heteroatoms. The van der Waals surface area contributed by atoms with Crippen LogP contribution in [0.4, 0.5) is 0 Å². The van der Waals surface area contributed by atoms with Gasteiger partial charge in [0.05, 0.1) is 13.2 Å². The first-order valence-corrected chi connectivity index (χ1v) is 9.10. The monoisotopic (exact) mass is 343 g/mol. The Morgan fingerprint density at radius 3 is 2.70 bits per heavy atom. The number of hydrogen-bond acceptors (Lipinski definition) is 4. The molecule has 3 nitrogen and oxygen atoms in total. The minimum Gasteiger partial charge on any atom is -0.492 e. The molecular weight excluding hydrogens is 326 g/mol. The van der Waals surface area contributed by atoms with Gasteiger partial charge in [-0.05, 0) is 30.0 Å². The van der Waals surface area contributed by atoms with Crippen molar-refractivity contribution in [2.45, 2.75) is 13.5 Å². The Morgan fingerprint density at radius 1 is 1.17 bits per heavy atom. The topological polar surface area (TPSA) is 38.3 Å². The van der Waals surface area contributed by atoms with Crippen molar-refractivity contribution in [3.63, 3.8) is 0 Å². The second-order valence-electron chi connectivity index (χ2n) is 4.87. The molecule has 0 bridgehead atoms. The van der Waals surface area contributed by atoms with Gasteiger partial charge in [-0.3, -0.25) is 4.79 Å². The van der Waals surface area contributed by atoms with Crippen LogP contribution in [-0.4, -0.2) is 12.5 Å². The molecule has 0 unspecified atom stereocenters. The van der Waals surface area contributed by atoms with Gasteiger partial charge in [0.15, 0.2) is 0 Å².